The minimum atomic E-state index is -4.00. The fourth-order valence-electron chi connectivity index (χ4n) is 1.68. The van der Waals surface area contributed by atoms with E-state index < -0.39 is 21.4 Å². The quantitative estimate of drug-likeness (QED) is 0.712. The molecule has 0 atom stereocenters. The predicted octanol–water partition coefficient (Wildman–Crippen LogP) is 0.805. The molecule has 0 radical (unpaired) electrons. The molecule has 0 unspecified atom stereocenters. The van der Waals surface area contributed by atoms with E-state index in [0.717, 1.165) is 11.3 Å². The summed E-state index contributed by atoms with van der Waals surface area (Å²) in [6.45, 7) is 4.57. The molecule has 1 aromatic rings. The molecule has 0 aliphatic carbocycles. The Kier molecular flexibility index (Phi) is 5.13. The van der Waals surface area contributed by atoms with Crippen LogP contribution in [0, 0.1) is 12.3 Å². The Balaban J connectivity index is 3.07. The summed E-state index contributed by atoms with van der Waals surface area (Å²) in [4.78, 5) is 22.3. The van der Waals surface area contributed by atoms with Crippen LogP contribution in [-0.2, 0) is 14.8 Å². The monoisotopic (exact) mass is 334 g/mol. The van der Waals surface area contributed by atoms with Gasteiger partial charge >= 0.3 is 5.97 Å². The smallest absolute Gasteiger partial charge is 0.347 e. The van der Waals surface area contributed by atoms with Crippen LogP contribution in [-0.4, -0.2) is 39.0 Å². The van der Waals surface area contributed by atoms with E-state index >= 15 is 0 Å². The maximum atomic E-state index is 12.3. The van der Waals surface area contributed by atoms with E-state index in [1.165, 1.54) is 19.4 Å². The SMILES string of the molecule is CNC(=O)C(C)(C)CNS(=O)(=O)c1c(C)csc1C(=O)O. The Labute approximate surface area is 127 Å². The largest absolute Gasteiger partial charge is 0.477 e. The highest BCUT2D eigenvalue weighted by molar-refractivity contribution is 7.89. The molecule has 0 saturated carbocycles. The molecule has 1 aromatic heterocycles. The van der Waals surface area contributed by atoms with Crippen LogP contribution in [0.15, 0.2) is 10.3 Å². The van der Waals surface area contributed by atoms with Crippen molar-refractivity contribution in [2.45, 2.75) is 25.7 Å². The predicted molar refractivity (Wildman–Crippen MR) is 79.1 cm³/mol. The molecule has 118 valence electrons. The van der Waals surface area contributed by atoms with Gasteiger partial charge in [-0.15, -0.1) is 11.3 Å². The van der Waals surface area contributed by atoms with Crippen LogP contribution in [0.25, 0.3) is 0 Å². The number of aromatic carboxylic acids is 1. The number of carboxylic acid groups (broad SMARTS) is 1. The number of sulfonamides is 1. The Hall–Kier alpha value is -1.45. The average Bonchev–Trinajstić information content (AvgIpc) is 2.78. The Morgan fingerprint density at radius 3 is 2.43 bits per heavy atom. The lowest BCUT2D eigenvalue weighted by Crippen LogP contribution is -2.43. The van der Waals surface area contributed by atoms with Crippen LogP contribution in [0.5, 0.6) is 0 Å². The van der Waals surface area contributed by atoms with E-state index in [0.29, 0.717) is 5.56 Å². The van der Waals surface area contributed by atoms with Gasteiger partial charge in [0.05, 0.1) is 5.41 Å². The lowest BCUT2D eigenvalue weighted by atomic mass is 9.93. The molecule has 3 N–H and O–H groups in total. The van der Waals surface area contributed by atoms with Crippen LogP contribution in [0.1, 0.15) is 29.1 Å². The number of carboxylic acids is 1. The first-order valence-electron chi connectivity index (χ1n) is 6.06. The summed E-state index contributed by atoms with van der Waals surface area (Å²) >= 11 is 0.857. The first kappa shape index (κ1) is 17.6. The third-order valence-electron chi connectivity index (χ3n) is 2.93. The lowest BCUT2D eigenvalue weighted by Gasteiger charge is -2.22. The van der Waals surface area contributed by atoms with Gasteiger partial charge < -0.3 is 10.4 Å². The van der Waals surface area contributed by atoms with Gasteiger partial charge in [0.15, 0.2) is 0 Å². The maximum absolute atomic E-state index is 12.3. The summed E-state index contributed by atoms with van der Waals surface area (Å²) in [5.41, 5.74) is -0.586. The Morgan fingerprint density at radius 2 is 1.95 bits per heavy atom. The second kappa shape index (κ2) is 6.12. The number of hydrogen-bond acceptors (Lipinski definition) is 5. The van der Waals surface area contributed by atoms with Gasteiger partial charge in [0.1, 0.15) is 9.77 Å². The Bertz CT molecular complexity index is 661. The molecule has 0 spiro atoms. The topological polar surface area (TPSA) is 113 Å². The van der Waals surface area contributed by atoms with Gasteiger partial charge in [-0.1, -0.05) is 0 Å². The number of hydrogen-bond donors (Lipinski definition) is 3. The standard InChI is InChI=1S/C12H18N2O5S2/c1-7-5-20-8(10(15)16)9(7)21(18,19)14-6-12(2,3)11(17)13-4/h5,14H,6H2,1-4H3,(H,13,17)(H,15,16). The summed E-state index contributed by atoms with van der Waals surface area (Å²) in [6.07, 6.45) is 0. The van der Waals surface area contributed by atoms with Gasteiger partial charge in [0, 0.05) is 13.6 Å². The van der Waals surface area contributed by atoms with Crippen molar-refractivity contribution in [3.63, 3.8) is 0 Å². The van der Waals surface area contributed by atoms with Gasteiger partial charge in [0.25, 0.3) is 0 Å². The third kappa shape index (κ3) is 3.80. The van der Waals surface area contributed by atoms with Crippen LogP contribution in [0.2, 0.25) is 0 Å². The van der Waals surface area contributed by atoms with E-state index in [1.807, 2.05) is 0 Å². The van der Waals surface area contributed by atoms with E-state index in [4.69, 9.17) is 5.11 Å². The molecule has 0 aliphatic rings. The molecule has 1 rings (SSSR count). The van der Waals surface area contributed by atoms with Crippen molar-refractivity contribution in [3.05, 3.63) is 15.8 Å². The zero-order valence-electron chi connectivity index (χ0n) is 12.2. The molecule has 7 nitrogen and oxygen atoms in total. The van der Waals surface area contributed by atoms with Crippen molar-refractivity contribution in [1.82, 2.24) is 10.0 Å². The summed E-state index contributed by atoms with van der Waals surface area (Å²) in [5, 5.41) is 13.0. The van der Waals surface area contributed by atoms with Gasteiger partial charge in [-0.25, -0.2) is 17.9 Å². The van der Waals surface area contributed by atoms with Crippen LogP contribution in [0.4, 0.5) is 0 Å². The molecular weight excluding hydrogens is 316 g/mol. The van der Waals surface area contributed by atoms with Crippen molar-refractivity contribution >= 4 is 33.2 Å². The zero-order valence-corrected chi connectivity index (χ0v) is 13.8. The minimum absolute atomic E-state index is 0.136. The van der Waals surface area contributed by atoms with Crippen molar-refractivity contribution in [3.8, 4) is 0 Å². The number of amides is 1. The number of carbonyl (C=O) groups excluding carboxylic acids is 1. The average molecular weight is 334 g/mol. The summed E-state index contributed by atoms with van der Waals surface area (Å²) in [5.74, 6) is -1.61. The number of thiophene rings is 1. The molecule has 0 saturated heterocycles. The highest BCUT2D eigenvalue weighted by Gasteiger charge is 2.32. The lowest BCUT2D eigenvalue weighted by molar-refractivity contribution is -0.128. The molecule has 0 aliphatic heterocycles. The molecule has 1 heterocycles. The molecule has 1 amide bonds. The van der Waals surface area contributed by atoms with E-state index in [-0.39, 0.29) is 22.2 Å². The van der Waals surface area contributed by atoms with Crippen LogP contribution < -0.4 is 10.0 Å². The summed E-state index contributed by atoms with van der Waals surface area (Å²) in [7, 11) is -2.54. The van der Waals surface area contributed by atoms with E-state index in [2.05, 4.69) is 10.0 Å². The fraction of sp³-hybridized carbons (Fsp3) is 0.500. The normalized spacial score (nSPS) is 12.2. The van der Waals surface area contributed by atoms with Gasteiger partial charge in [-0.3, -0.25) is 4.79 Å². The number of carbonyl (C=O) groups is 2. The van der Waals surface area contributed by atoms with Crippen LogP contribution in [0.3, 0.4) is 0 Å². The summed E-state index contributed by atoms with van der Waals surface area (Å²) in [6, 6.07) is 0. The molecule has 9 heteroatoms. The number of rotatable bonds is 6. The third-order valence-corrected chi connectivity index (χ3v) is 5.73. The molecule has 0 aromatic carbocycles. The van der Waals surface area contributed by atoms with Crippen LogP contribution >= 0.6 is 11.3 Å². The number of aryl methyl sites for hydroxylation is 1. The van der Waals surface area contributed by atoms with E-state index in [1.54, 1.807) is 13.8 Å². The van der Waals surface area contributed by atoms with E-state index in [9.17, 15) is 18.0 Å². The molecule has 0 fully saturated rings. The van der Waals surface area contributed by atoms with Gasteiger partial charge in [-0.05, 0) is 31.7 Å². The van der Waals surface area contributed by atoms with Crippen molar-refractivity contribution in [2.75, 3.05) is 13.6 Å². The van der Waals surface area contributed by atoms with Crippen molar-refractivity contribution in [2.24, 2.45) is 5.41 Å². The summed E-state index contributed by atoms with van der Waals surface area (Å²) < 4.78 is 26.9. The molecular formula is C12H18N2O5S2. The van der Waals surface area contributed by atoms with Crippen molar-refractivity contribution in [1.29, 1.82) is 0 Å². The Morgan fingerprint density at radius 1 is 1.38 bits per heavy atom. The highest BCUT2D eigenvalue weighted by atomic mass is 32.2. The zero-order chi connectivity index (χ0) is 16.4. The second-order valence-electron chi connectivity index (χ2n) is 5.17. The first-order valence-corrected chi connectivity index (χ1v) is 8.42. The minimum Gasteiger partial charge on any atom is -0.477 e. The van der Waals surface area contributed by atoms with Gasteiger partial charge in [-0.2, -0.15) is 0 Å². The van der Waals surface area contributed by atoms with Gasteiger partial charge in [0.2, 0.25) is 15.9 Å². The highest BCUT2D eigenvalue weighted by Crippen LogP contribution is 2.27. The number of nitrogens with one attached hydrogen (secondary N) is 2. The second-order valence-corrected chi connectivity index (χ2v) is 7.75. The molecule has 21 heavy (non-hydrogen) atoms. The van der Waals surface area contributed by atoms with Crippen molar-refractivity contribution < 1.29 is 23.1 Å². The molecule has 0 bridgehead atoms. The first-order chi connectivity index (χ1) is 9.53. The maximum Gasteiger partial charge on any atom is 0.347 e. The fourth-order valence-corrected chi connectivity index (χ4v) is 4.52.